The Morgan fingerprint density at radius 1 is 1.04 bits per heavy atom. The molecular formula is C40H60N2O10. The van der Waals surface area contributed by atoms with Crippen LogP contribution in [0.4, 0.5) is 4.79 Å². The second-order valence-electron chi connectivity index (χ2n) is 14.6. The Bertz CT molecular complexity index is 1390. The molecule has 3 aliphatic rings. The third-order valence-corrected chi connectivity index (χ3v) is 9.94. The molecule has 6 atom stereocenters. The molecule has 1 aromatic rings. The molecule has 1 fully saturated rings. The molecule has 2 aliphatic carbocycles. The van der Waals surface area contributed by atoms with Gasteiger partial charge in [0.25, 0.3) is 0 Å². The molecule has 290 valence electrons. The van der Waals surface area contributed by atoms with Crippen LogP contribution in [0, 0.1) is 17.8 Å². The standard InChI is InChI=1S/C40H60N2O10/c1-7-21-49-29-15-16-34-32(26-29)36-30(14-10-12-19-44)28(13-9-11-18-43)25-31-33(41-52-39(3,4)5)27-35(40(51-34,37(31)36)50-22-8-2)42(38(46)47-6)17-23-48-24-20-45/h7-8,15-16,25-26,28,30,35-37,43-45H,1-2,9-14,17-24,27H2,3-6H3/t28-,30+,35-,36+,37+,40+/m0/s1. The number of aliphatic hydroxyl groups excluding tert-OH is 3. The molecule has 1 aromatic carbocycles. The first-order valence-corrected chi connectivity index (χ1v) is 18.6. The molecule has 12 heteroatoms. The fourth-order valence-electron chi connectivity index (χ4n) is 7.91. The largest absolute Gasteiger partial charge is 0.490 e. The Morgan fingerprint density at radius 3 is 2.42 bits per heavy atom. The van der Waals surface area contributed by atoms with Gasteiger partial charge in [-0.2, -0.15) is 0 Å². The van der Waals surface area contributed by atoms with Gasteiger partial charge >= 0.3 is 6.09 Å². The van der Waals surface area contributed by atoms with Crippen molar-refractivity contribution in [3.63, 3.8) is 0 Å². The summed E-state index contributed by atoms with van der Waals surface area (Å²) in [7, 11) is 1.34. The number of rotatable bonds is 21. The van der Waals surface area contributed by atoms with E-state index >= 15 is 0 Å². The Labute approximate surface area is 309 Å². The van der Waals surface area contributed by atoms with Crippen LogP contribution >= 0.6 is 0 Å². The molecule has 4 rings (SSSR count). The summed E-state index contributed by atoms with van der Waals surface area (Å²) in [6, 6.07) is 5.06. The van der Waals surface area contributed by atoms with Crippen LogP contribution in [0.15, 0.2) is 60.3 Å². The zero-order valence-electron chi connectivity index (χ0n) is 31.5. The lowest BCUT2D eigenvalue weighted by Crippen LogP contribution is -2.70. The number of carbonyl (C=O) groups is 1. The zero-order valence-corrected chi connectivity index (χ0v) is 31.5. The maximum atomic E-state index is 13.8. The maximum Gasteiger partial charge on any atom is 0.410 e. The molecule has 0 unspecified atom stereocenters. The molecule has 0 saturated heterocycles. The van der Waals surface area contributed by atoms with Crippen molar-refractivity contribution >= 4 is 11.8 Å². The first-order valence-electron chi connectivity index (χ1n) is 18.6. The number of carbonyl (C=O) groups excluding carboxylic acids is 1. The van der Waals surface area contributed by atoms with Gasteiger partial charge < -0.3 is 43.8 Å². The molecule has 0 aromatic heterocycles. The van der Waals surface area contributed by atoms with Gasteiger partial charge in [-0.05, 0) is 82.1 Å². The Hall–Kier alpha value is -3.42. The summed E-state index contributed by atoms with van der Waals surface area (Å²) in [4.78, 5) is 21.5. The molecule has 1 saturated carbocycles. The molecule has 0 spiro atoms. The van der Waals surface area contributed by atoms with E-state index in [-0.39, 0.29) is 70.4 Å². The van der Waals surface area contributed by atoms with Gasteiger partial charge in [-0.15, -0.1) is 6.58 Å². The lowest BCUT2D eigenvalue weighted by molar-refractivity contribution is -0.256. The van der Waals surface area contributed by atoms with Crippen LogP contribution < -0.4 is 9.47 Å². The highest BCUT2D eigenvalue weighted by atomic mass is 16.7. The minimum absolute atomic E-state index is 0.0750. The predicted octanol–water partition coefficient (Wildman–Crippen LogP) is 5.76. The maximum absolute atomic E-state index is 13.8. The number of benzene rings is 1. The van der Waals surface area contributed by atoms with Crippen molar-refractivity contribution in [3.8, 4) is 11.5 Å². The average molecular weight is 729 g/mol. The predicted molar refractivity (Wildman–Crippen MR) is 199 cm³/mol. The van der Waals surface area contributed by atoms with Gasteiger partial charge in [-0.1, -0.05) is 42.8 Å². The first-order chi connectivity index (χ1) is 25.1. The summed E-state index contributed by atoms with van der Waals surface area (Å²) < 4.78 is 31.1. The Kier molecular flexibility index (Phi) is 15.6. The molecule has 0 radical (unpaired) electrons. The van der Waals surface area contributed by atoms with E-state index in [0.29, 0.717) is 36.7 Å². The normalized spacial score (nSPS) is 25.6. The van der Waals surface area contributed by atoms with Crippen molar-refractivity contribution in [2.75, 3.05) is 59.9 Å². The number of fused-ring (bicyclic) bond motifs is 2. The minimum Gasteiger partial charge on any atom is -0.490 e. The van der Waals surface area contributed by atoms with Gasteiger partial charge in [0.15, 0.2) is 0 Å². The number of allylic oxidation sites excluding steroid dienone is 1. The molecule has 0 bridgehead atoms. The smallest absolute Gasteiger partial charge is 0.410 e. The summed E-state index contributed by atoms with van der Waals surface area (Å²) in [6.07, 6.45) is 9.97. The molecule has 1 heterocycles. The quantitative estimate of drug-likeness (QED) is 0.0811. The van der Waals surface area contributed by atoms with Gasteiger partial charge in [0.05, 0.1) is 45.2 Å². The van der Waals surface area contributed by atoms with E-state index in [1.165, 1.54) is 7.11 Å². The van der Waals surface area contributed by atoms with Crippen molar-refractivity contribution in [1.82, 2.24) is 4.90 Å². The van der Waals surface area contributed by atoms with Crippen molar-refractivity contribution in [1.29, 1.82) is 0 Å². The monoisotopic (exact) mass is 728 g/mol. The van der Waals surface area contributed by atoms with Crippen molar-refractivity contribution in [2.45, 2.75) is 89.1 Å². The van der Waals surface area contributed by atoms with E-state index in [2.05, 4.69) is 19.2 Å². The Balaban J connectivity index is 2.04. The molecule has 1 aliphatic heterocycles. The van der Waals surface area contributed by atoms with Gasteiger partial charge in [-0.3, -0.25) is 4.90 Å². The van der Waals surface area contributed by atoms with Crippen LogP contribution in [-0.4, -0.2) is 109 Å². The molecular weight excluding hydrogens is 668 g/mol. The fraction of sp³-hybridized carbons (Fsp3) is 0.650. The van der Waals surface area contributed by atoms with E-state index in [1.54, 1.807) is 17.1 Å². The van der Waals surface area contributed by atoms with Gasteiger partial charge in [-0.25, -0.2) is 4.79 Å². The third-order valence-electron chi connectivity index (χ3n) is 9.94. The average Bonchev–Trinajstić information content (AvgIpc) is 3.13. The van der Waals surface area contributed by atoms with Crippen LogP contribution in [0.2, 0.25) is 0 Å². The highest BCUT2D eigenvalue weighted by Crippen LogP contribution is 2.62. The van der Waals surface area contributed by atoms with Crippen LogP contribution in [0.3, 0.4) is 0 Å². The Morgan fingerprint density at radius 2 is 1.77 bits per heavy atom. The number of hydrogen-bond acceptors (Lipinski definition) is 11. The highest BCUT2D eigenvalue weighted by Gasteiger charge is 2.65. The summed E-state index contributed by atoms with van der Waals surface area (Å²) in [5, 5.41) is 33.8. The first kappa shape index (κ1) is 41.3. The van der Waals surface area contributed by atoms with E-state index in [0.717, 1.165) is 36.8 Å². The van der Waals surface area contributed by atoms with Crippen LogP contribution in [0.1, 0.15) is 77.2 Å². The van der Waals surface area contributed by atoms with E-state index in [1.807, 2.05) is 39.0 Å². The summed E-state index contributed by atoms with van der Waals surface area (Å²) in [5.41, 5.74) is 1.99. The van der Waals surface area contributed by atoms with Crippen LogP contribution in [0.5, 0.6) is 11.5 Å². The second-order valence-corrected chi connectivity index (χ2v) is 14.6. The van der Waals surface area contributed by atoms with E-state index in [4.69, 9.17) is 33.7 Å². The van der Waals surface area contributed by atoms with Gasteiger partial charge in [0, 0.05) is 37.7 Å². The third kappa shape index (κ3) is 9.76. The highest BCUT2D eigenvalue weighted by molar-refractivity contribution is 6.03. The lowest BCUT2D eigenvalue weighted by Gasteiger charge is -2.59. The summed E-state index contributed by atoms with van der Waals surface area (Å²) >= 11 is 0. The molecule has 52 heavy (non-hydrogen) atoms. The fourth-order valence-corrected chi connectivity index (χ4v) is 7.91. The molecule has 3 N–H and O–H groups in total. The number of amides is 1. The lowest BCUT2D eigenvalue weighted by atomic mass is 9.55. The van der Waals surface area contributed by atoms with E-state index < -0.39 is 29.4 Å². The van der Waals surface area contributed by atoms with E-state index in [9.17, 15) is 20.1 Å². The molecule has 12 nitrogen and oxygen atoms in total. The van der Waals surface area contributed by atoms with Crippen LogP contribution in [-0.2, 0) is 19.0 Å². The van der Waals surface area contributed by atoms with Crippen molar-refractivity contribution in [3.05, 3.63) is 60.7 Å². The number of nitrogens with zero attached hydrogens (tertiary/aromatic N) is 2. The van der Waals surface area contributed by atoms with Crippen LogP contribution in [0.25, 0.3) is 0 Å². The summed E-state index contributed by atoms with van der Waals surface area (Å²) in [5.74, 6) is -0.595. The number of methoxy groups -OCH3 is 1. The van der Waals surface area contributed by atoms with Gasteiger partial charge in [0.2, 0.25) is 5.79 Å². The number of ether oxygens (including phenoxy) is 5. The number of hydrogen-bond donors (Lipinski definition) is 3. The van der Waals surface area contributed by atoms with Crippen molar-refractivity contribution < 1.29 is 48.6 Å². The second kappa shape index (κ2) is 19.6. The van der Waals surface area contributed by atoms with Crippen molar-refractivity contribution in [2.24, 2.45) is 22.9 Å². The minimum atomic E-state index is -1.42. The topological polar surface area (TPSA) is 149 Å². The van der Waals surface area contributed by atoms with Gasteiger partial charge in [0.1, 0.15) is 29.7 Å². The number of aliphatic hydroxyl groups is 3. The SMILES string of the molecule is C=CCOc1ccc2c(c1)[C@H]1[C@H](CCCCO)[C@@H](CCCCO)C=C3C(=NOC(C)(C)C)C[C@H](N(CCOCCO)C(=O)OC)[C@@](OCC=C)(O2)[C@H]31. The number of oxime groups is 1. The zero-order chi connectivity index (χ0) is 37.7. The summed E-state index contributed by atoms with van der Waals surface area (Å²) in [6.45, 7) is 14.5. The number of unbranched alkanes of at least 4 members (excludes halogenated alkanes) is 2. The molecule has 1 amide bonds.